The van der Waals surface area contributed by atoms with E-state index in [1.165, 1.54) is 12.1 Å². The third-order valence-electron chi connectivity index (χ3n) is 1.92. The fourth-order valence-electron chi connectivity index (χ4n) is 1.32. The lowest BCUT2D eigenvalue weighted by Gasteiger charge is -1.99. The second-order valence-corrected chi connectivity index (χ2v) is 2.79. The van der Waals surface area contributed by atoms with Crippen LogP contribution >= 0.6 is 0 Å². The van der Waals surface area contributed by atoms with Gasteiger partial charge in [0.1, 0.15) is 5.82 Å². The van der Waals surface area contributed by atoms with Crippen LogP contribution in [0.5, 0.6) is 0 Å². The fraction of sp³-hybridized carbons (Fsp3) is 0.222. The summed E-state index contributed by atoms with van der Waals surface area (Å²) in [6.45, 7) is 0.403. The molecule has 0 aliphatic carbocycles. The zero-order valence-corrected chi connectivity index (χ0v) is 6.94. The highest BCUT2D eigenvalue weighted by atomic mass is 19.1. The highest BCUT2D eigenvalue weighted by molar-refractivity contribution is 5.78. The molecule has 0 unspecified atom stereocenters. The maximum atomic E-state index is 12.8. The maximum Gasteiger partial charge on any atom is 0.125 e. The summed E-state index contributed by atoms with van der Waals surface area (Å²) in [5.41, 5.74) is 0.717. The van der Waals surface area contributed by atoms with Crippen molar-refractivity contribution < 1.29 is 9.50 Å². The molecule has 1 aromatic carbocycles. The summed E-state index contributed by atoms with van der Waals surface area (Å²) >= 11 is 0. The number of nitrogens with zero attached hydrogens (tertiary/aromatic N) is 2. The molecule has 0 radical (unpaired) electrons. The van der Waals surface area contributed by atoms with Crippen molar-refractivity contribution in [3.63, 3.8) is 0 Å². The first-order chi connectivity index (χ1) is 6.31. The molecule has 0 amide bonds. The number of aromatic nitrogens is 2. The molecule has 1 heterocycles. The van der Waals surface area contributed by atoms with Gasteiger partial charge in [-0.1, -0.05) is 0 Å². The van der Waals surface area contributed by atoms with Gasteiger partial charge in [0.15, 0.2) is 0 Å². The Hall–Kier alpha value is -1.42. The summed E-state index contributed by atoms with van der Waals surface area (Å²) in [4.78, 5) is 0. The second kappa shape index (κ2) is 3.14. The molecular formula is C9H9FN2O. The van der Waals surface area contributed by atoms with E-state index in [4.69, 9.17) is 5.11 Å². The molecule has 3 nitrogen and oxygen atoms in total. The number of rotatable bonds is 2. The third kappa shape index (κ3) is 1.40. The molecule has 2 aromatic rings. The van der Waals surface area contributed by atoms with Gasteiger partial charge in [-0.3, -0.25) is 4.68 Å². The zero-order valence-electron chi connectivity index (χ0n) is 6.94. The van der Waals surface area contributed by atoms with Crippen LogP contribution in [0.15, 0.2) is 24.4 Å². The smallest absolute Gasteiger partial charge is 0.125 e. The SMILES string of the molecule is OCCn1ncc2ccc(F)cc21. The van der Waals surface area contributed by atoms with E-state index in [0.717, 1.165) is 5.39 Å². The van der Waals surface area contributed by atoms with Crippen LogP contribution in [-0.2, 0) is 6.54 Å². The summed E-state index contributed by atoms with van der Waals surface area (Å²) < 4.78 is 14.4. The van der Waals surface area contributed by atoms with Gasteiger partial charge >= 0.3 is 0 Å². The maximum absolute atomic E-state index is 12.8. The number of fused-ring (bicyclic) bond motifs is 1. The first-order valence-electron chi connectivity index (χ1n) is 4.03. The lowest BCUT2D eigenvalue weighted by Crippen LogP contribution is -2.03. The van der Waals surface area contributed by atoms with Crippen molar-refractivity contribution in [3.8, 4) is 0 Å². The number of aliphatic hydroxyl groups excluding tert-OH is 1. The van der Waals surface area contributed by atoms with Crippen LogP contribution in [0.2, 0.25) is 0 Å². The quantitative estimate of drug-likeness (QED) is 0.753. The van der Waals surface area contributed by atoms with E-state index in [0.29, 0.717) is 12.1 Å². The average Bonchev–Trinajstić information content (AvgIpc) is 2.49. The van der Waals surface area contributed by atoms with Gasteiger partial charge in [-0.05, 0) is 18.2 Å². The standard InChI is InChI=1S/C9H9FN2O/c10-8-2-1-7-6-11-12(3-4-13)9(7)5-8/h1-2,5-6,13H,3-4H2. The molecule has 0 aliphatic rings. The minimum Gasteiger partial charge on any atom is -0.394 e. The van der Waals surface area contributed by atoms with Gasteiger partial charge in [-0.25, -0.2) is 4.39 Å². The minimum atomic E-state index is -0.285. The van der Waals surface area contributed by atoms with Crippen molar-refractivity contribution in [3.05, 3.63) is 30.2 Å². The van der Waals surface area contributed by atoms with E-state index in [9.17, 15) is 4.39 Å². The molecule has 2 rings (SSSR count). The van der Waals surface area contributed by atoms with E-state index < -0.39 is 0 Å². The topological polar surface area (TPSA) is 38.0 Å². The van der Waals surface area contributed by atoms with Crippen molar-refractivity contribution in [2.45, 2.75) is 6.54 Å². The molecule has 0 bridgehead atoms. The van der Waals surface area contributed by atoms with Gasteiger partial charge < -0.3 is 5.11 Å². The van der Waals surface area contributed by atoms with E-state index in [-0.39, 0.29) is 12.4 Å². The van der Waals surface area contributed by atoms with Crippen molar-refractivity contribution in [1.29, 1.82) is 0 Å². The zero-order chi connectivity index (χ0) is 9.26. The molecule has 68 valence electrons. The van der Waals surface area contributed by atoms with Gasteiger partial charge in [0, 0.05) is 5.39 Å². The molecule has 13 heavy (non-hydrogen) atoms. The first-order valence-corrected chi connectivity index (χ1v) is 4.03. The number of hydrogen-bond acceptors (Lipinski definition) is 2. The summed E-state index contributed by atoms with van der Waals surface area (Å²) in [7, 11) is 0. The van der Waals surface area contributed by atoms with Gasteiger partial charge in [0.05, 0.1) is 24.9 Å². The Morgan fingerprint density at radius 2 is 2.31 bits per heavy atom. The Labute approximate surface area is 74.4 Å². The summed E-state index contributed by atoms with van der Waals surface area (Å²) in [6, 6.07) is 4.48. The largest absolute Gasteiger partial charge is 0.394 e. The molecule has 0 fully saturated rings. The highest BCUT2D eigenvalue weighted by Gasteiger charge is 2.02. The highest BCUT2D eigenvalue weighted by Crippen LogP contribution is 2.14. The van der Waals surface area contributed by atoms with E-state index in [1.54, 1.807) is 16.9 Å². The monoisotopic (exact) mass is 180 g/mol. The number of hydrogen-bond donors (Lipinski definition) is 1. The predicted octanol–water partition coefficient (Wildman–Crippen LogP) is 1.17. The Balaban J connectivity index is 2.58. The Morgan fingerprint density at radius 1 is 1.46 bits per heavy atom. The molecule has 0 aliphatic heterocycles. The van der Waals surface area contributed by atoms with E-state index in [1.807, 2.05) is 0 Å². The van der Waals surface area contributed by atoms with Gasteiger partial charge in [0.2, 0.25) is 0 Å². The number of benzene rings is 1. The van der Waals surface area contributed by atoms with Crippen LogP contribution in [0, 0.1) is 5.82 Å². The van der Waals surface area contributed by atoms with Crippen LogP contribution in [0.1, 0.15) is 0 Å². The molecule has 1 N–H and O–H groups in total. The second-order valence-electron chi connectivity index (χ2n) is 2.79. The Morgan fingerprint density at radius 3 is 3.08 bits per heavy atom. The molecule has 1 aromatic heterocycles. The van der Waals surface area contributed by atoms with Crippen LogP contribution in [-0.4, -0.2) is 21.5 Å². The first kappa shape index (κ1) is 8.19. The molecule has 0 atom stereocenters. The van der Waals surface area contributed by atoms with Crippen LogP contribution in [0.4, 0.5) is 4.39 Å². The van der Waals surface area contributed by atoms with Gasteiger partial charge in [0.25, 0.3) is 0 Å². The molecule has 4 heteroatoms. The van der Waals surface area contributed by atoms with E-state index >= 15 is 0 Å². The third-order valence-corrected chi connectivity index (χ3v) is 1.92. The van der Waals surface area contributed by atoms with Gasteiger partial charge in [-0.2, -0.15) is 5.10 Å². The van der Waals surface area contributed by atoms with Crippen LogP contribution in [0.3, 0.4) is 0 Å². The van der Waals surface area contributed by atoms with Crippen molar-refractivity contribution >= 4 is 10.9 Å². The Kier molecular flexibility index (Phi) is 1.98. The lowest BCUT2D eigenvalue weighted by atomic mass is 10.2. The number of aliphatic hydroxyl groups is 1. The average molecular weight is 180 g/mol. The Bertz CT molecular complexity index is 424. The van der Waals surface area contributed by atoms with E-state index in [2.05, 4.69) is 5.10 Å². The summed E-state index contributed by atoms with van der Waals surface area (Å²) in [6.07, 6.45) is 1.66. The minimum absolute atomic E-state index is 0.00724. The fourth-order valence-corrected chi connectivity index (χ4v) is 1.32. The van der Waals surface area contributed by atoms with Crippen LogP contribution < -0.4 is 0 Å². The van der Waals surface area contributed by atoms with Gasteiger partial charge in [-0.15, -0.1) is 0 Å². The molecule has 0 saturated heterocycles. The molecule has 0 saturated carbocycles. The van der Waals surface area contributed by atoms with Crippen molar-refractivity contribution in [2.24, 2.45) is 0 Å². The normalized spacial score (nSPS) is 10.9. The summed E-state index contributed by atoms with van der Waals surface area (Å²) in [5.74, 6) is -0.285. The van der Waals surface area contributed by atoms with Crippen LogP contribution in [0.25, 0.3) is 10.9 Å². The predicted molar refractivity (Wildman–Crippen MR) is 46.8 cm³/mol. The lowest BCUT2D eigenvalue weighted by molar-refractivity contribution is 0.271. The molecular weight excluding hydrogens is 171 g/mol. The van der Waals surface area contributed by atoms with Crippen molar-refractivity contribution in [1.82, 2.24) is 9.78 Å². The molecule has 0 spiro atoms. The summed E-state index contributed by atoms with van der Waals surface area (Å²) in [5, 5.41) is 13.6. The number of halogens is 1. The van der Waals surface area contributed by atoms with Crippen molar-refractivity contribution in [2.75, 3.05) is 6.61 Å².